The Morgan fingerprint density at radius 2 is 2.25 bits per heavy atom. The number of hydrogen-bond acceptors (Lipinski definition) is 3. The normalized spacial score (nSPS) is 26.8. The van der Waals surface area contributed by atoms with Gasteiger partial charge in [0.1, 0.15) is 0 Å². The third kappa shape index (κ3) is 2.09. The number of carbonyl (C=O) groups excluding carboxylic acids is 1. The van der Waals surface area contributed by atoms with Gasteiger partial charge < -0.3 is 9.64 Å². The first-order valence-corrected chi connectivity index (χ1v) is 6.42. The molecule has 0 aromatic carbocycles. The van der Waals surface area contributed by atoms with Crippen molar-refractivity contribution in [1.82, 2.24) is 10.2 Å². The summed E-state index contributed by atoms with van der Waals surface area (Å²) in [6, 6.07) is 0. The van der Waals surface area contributed by atoms with Gasteiger partial charge in [0.25, 0.3) is 0 Å². The Hall–Kier alpha value is -0.610. The number of ether oxygens (including phenoxy) is 1. The van der Waals surface area contributed by atoms with Crippen molar-refractivity contribution in [3.05, 3.63) is 0 Å². The Balaban J connectivity index is 1.31. The molecule has 1 aliphatic heterocycles. The van der Waals surface area contributed by atoms with Gasteiger partial charge in [0.05, 0.1) is 12.2 Å². The van der Waals surface area contributed by atoms with E-state index in [4.69, 9.17) is 4.74 Å². The lowest BCUT2D eigenvalue weighted by atomic mass is 10.2. The molecule has 0 bridgehead atoms. The van der Waals surface area contributed by atoms with Crippen LogP contribution in [0.4, 0.5) is 0 Å². The van der Waals surface area contributed by atoms with Crippen LogP contribution in [0.2, 0.25) is 0 Å². The maximum Gasteiger partial charge on any atom is 0.243 e. The molecule has 2 aliphatic carbocycles. The van der Waals surface area contributed by atoms with Crippen molar-refractivity contribution >= 4 is 5.91 Å². The maximum absolute atomic E-state index is 11.9. The van der Waals surface area contributed by atoms with Crippen LogP contribution in [0.3, 0.4) is 0 Å². The fourth-order valence-corrected chi connectivity index (χ4v) is 2.29. The molecule has 1 amide bonds. The second kappa shape index (κ2) is 4.00. The van der Waals surface area contributed by atoms with Crippen molar-refractivity contribution in [2.45, 2.75) is 37.6 Å². The van der Waals surface area contributed by atoms with E-state index >= 15 is 0 Å². The summed E-state index contributed by atoms with van der Waals surface area (Å²) in [4.78, 5) is 13.8. The van der Waals surface area contributed by atoms with Crippen LogP contribution in [0, 0.1) is 5.92 Å². The van der Waals surface area contributed by atoms with Gasteiger partial charge in [-0.15, -0.1) is 0 Å². The highest BCUT2D eigenvalue weighted by atomic mass is 16.5. The molecule has 3 rings (SSSR count). The molecule has 0 unspecified atom stereocenters. The Morgan fingerprint density at radius 1 is 1.44 bits per heavy atom. The Morgan fingerprint density at radius 3 is 2.88 bits per heavy atom. The van der Waals surface area contributed by atoms with Gasteiger partial charge in [-0.25, -0.2) is 0 Å². The minimum Gasteiger partial charge on any atom is -0.381 e. The zero-order valence-corrected chi connectivity index (χ0v) is 9.71. The van der Waals surface area contributed by atoms with Gasteiger partial charge in [0.2, 0.25) is 5.91 Å². The van der Waals surface area contributed by atoms with E-state index in [1.54, 1.807) is 0 Å². The van der Waals surface area contributed by atoms with E-state index < -0.39 is 0 Å². The summed E-state index contributed by atoms with van der Waals surface area (Å²) >= 11 is 0. The van der Waals surface area contributed by atoms with Crippen LogP contribution in [0.15, 0.2) is 0 Å². The SMILES string of the molecule is O=C1N(CCCOCC2CC2)CNC12CC2. The van der Waals surface area contributed by atoms with Crippen LogP contribution in [0.5, 0.6) is 0 Å². The smallest absolute Gasteiger partial charge is 0.243 e. The molecule has 90 valence electrons. The van der Waals surface area contributed by atoms with E-state index in [1.807, 2.05) is 4.90 Å². The van der Waals surface area contributed by atoms with E-state index in [-0.39, 0.29) is 5.54 Å². The Bertz CT molecular complexity index is 285. The summed E-state index contributed by atoms with van der Waals surface area (Å²) in [5, 5.41) is 3.31. The Labute approximate surface area is 96.3 Å². The van der Waals surface area contributed by atoms with E-state index in [0.717, 1.165) is 51.6 Å². The van der Waals surface area contributed by atoms with Crippen LogP contribution in [0.1, 0.15) is 32.1 Å². The predicted molar refractivity (Wildman–Crippen MR) is 59.8 cm³/mol. The third-order valence-corrected chi connectivity index (χ3v) is 3.82. The fraction of sp³-hybridized carbons (Fsp3) is 0.917. The van der Waals surface area contributed by atoms with Crippen LogP contribution < -0.4 is 5.32 Å². The average molecular weight is 224 g/mol. The van der Waals surface area contributed by atoms with E-state index in [1.165, 1.54) is 12.8 Å². The molecule has 3 fully saturated rings. The van der Waals surface area contributed by atoms with Gasteiger partial charge in [-0.05, 0) is 38.0 Å². The zero-order chi connectivity index (χ0) is 11.0. The summed E-state index contributed by atoms with van der Waals surface area (Å²) in [6.07, 6.45) is 5.71. The van der Waals surface area contributed by atoms with E-state index in [9.17, 15) is 4.79 Å². The number of hydrogen-bond donors (Lipinski definition) is 1. The van der Waals surface area contributed by atoms with Crippen LogP contribution >= 0.6 is 0 Å². The fourth-order valence-electron chi connectivity index (χ4n) is 2.29. The van der Waals surface area contributed by atoms with Gasteiger partial charge >= 0.3 is 0 Å². The third-order valence-electron chi connectivity index (χ3n) is 3.82. The first-order chi connectivity index (χ1) is 7.80. The largest absolute Gasteiger partial charge is 0.381 e. The van der Waals surface area contributed by atoms with Gasteiger partial charge in [-0.2, -0.15) is 0 Å². The second-order valence-electron chi connectivity index (χ2n) is 5.36. The molecule has 16 heavy (non-hydrogen) atoms. The standard InChI is InChI=1S/C12H20N2O2/c15-11-12(4-5-12)13-9-14(11)6-1-7-16-8-10-2-3-10/h10,13H,1-9H2. The van der Waals surface area contributed by atoms with Crippen LogP contribution in [0.25, 0.3) is 0 Å². The molecular formula is C12H20N2O2. The molecule has 2 saturated carbocycles. The van der Waals surface area contributed by atoms with Crippen molar-refractivity contribution < 1.29 is 9.53 Å². The van der Waals surface area contributed by atoms with Crippen molar-refractivity contribution in [3.8, 4) is 0 Å². The highest BCUT2D eigenvalue weighted by Crippen LogP contribution is 2.40. The van der Waals surface area contributed by atoms with Gasteiger partial charge in [0, 0.05) is 19.8 Å². The highest BCUT2D eigenvalue weighted by Gasteiger charge is 2.55. The predicted octanol–water partition coefficient (Wildman–Crippen LogP) is 0.725. The quantitative estimate of drug-likeness (QED) is 0.676. The number of carbonyl (C=O) groups is 1. The number of rotatable bonds is 6. The van der Waals surface area contributed by atoms with Crippen molar-refractivity contribution in [1.29, 1.82) is 0 Å². The number of amides is 1. The molecule has 0 atom stereocenters. The topological polar surface area (TPSA) is 41.6 Å². The van der Waals surface area contributed by atoms with Gasteiger partial charge in [-0.3, -0.25) is 10.1 Å². The van der Waals surface area contributed by atoms with Crippen LogP contribution in [-0.2, 0) is 9.53 Å². The lowest BCUT2D eigenvalue weighted by Crippen LogP contribution is -2.33. The van der Waals surface area contributed by atoms with Gasteiger partial charge in [-0.1, -0.05) is 0 Å². The van der Waals surface area contributed by atoms with Crippen LogP contribution in [-0.4, -0.2) is 42.8 Å². The molecule has 4 nitrogen and oxygen atoms in total. The molecule has 3 aliphatic rings. The summed E-state index contributed by atoms with van der Waals surface area (Å²) in [6.45, 7) is 3.31. The minimum atomic E-state index is -0.130. The number of nitrogens with one attached hydrogen (secondary N) is 1. The molecule has 1 N–H and O–H groups in total. The second-order valence-corrected chi connectivity index (χ2v) is 5.36. The summed E-state index contributed by atoms with van der Waals surface area (Å²) in [7, 11) is 0. The maximum atomic E-state index is 11.9. The summed E-state index contributed by atoms with van der Waals surface area (Å²) < 4.78 is 5.56. The lowest BCUT2D eigenvalue weighted by Gasteiger charge is -2.14. The zero-order valence-electron chi connectivity index (χ0n) is 9.71. The molecule has 0 aromatic heterocycles. The molecule has 1 saturated heterocycles. The average Bonchev–Trinajstić information content (AvgIpc) is 3.14. The molecule has 1 heterocycles. The number of nitrogens with zero attached hydrogens (tertiary/aromatic N) is 1. The van der Waals surface area contributed by atoms with Crippen molar-refractivity contribution in [3.63, 3.8) is 0 Å². The minimum absolute atomic E-state index is 0.130. The van der Waals surface area contributed by atoms with Gasteiger partial charge in [0.15, 0.2) is 0 Å². The summed E-state index contributed by atoms with van der Waals surface area (Å²) in [5.74, 6) is 1.15. The van der Waals surface area contributed by atoms with E-state index in [0.29, 0.717) is 5.91 Å². The molecule has 1 spiro atoms. The molecule has 4 heteroatoms. The molecular weight excluding hydrogens is 204 g/mol. The first-order valence-electron chi connectivity index (χ1n) is 6.42. The van der Waals surface area contributed by atoms with E-state index in [2.05, 4.69) is 5.32 Å². The highest BCUT2D eigenvalue weighted by molar-refractivity contribution is 5.91. The molecule has 0 aromatic rings. The van der Waals surface area contributed by atoms with Crippen molar-refractivity contribution in [2.24, 2.45) is 5.92 Å². The first kappa shape index (κ1) is 10.5. The van der Waals surface area contributed by atoms with Crippen molar-refractivity contribution in [2.75, 3.05) is 26.4 Å². The lowest BCUT2D eigenvalue weighted by molar-refractivity contribution is -0.129. The monoisotopic (exact) mass is 224 g/mol. The molecule has 0 radical (unpaired) electrons. The summed E-state index contributed by atoms with van der Waals surface area (Å²) in [5.41, 5.74) is -0.130. The Kier molecular flexibility index (Phi) is 2.64.